The molecule has 1 fully saturated rings. The Labute approximate surface area is 157 Å². The summed E-state index contributed by atoms with van der Waals surface area (Å²) in [6, 6.07) is 9.31. The third kappa shape index (κ3) is 3.58. The molecule has 26 heavy (non-hydrogen) atoms. The van der Waals surface area contributed by atoms with Gasteiger partial charge in [0.2, 0.25) is 5.91 Å². The Morgan fingerprint density at radius 2 is 1.88 bits per heavy atom. The number of carbonyl (C=O) groups is 2. The number of morpholine rings is 1. The standard InChI is InChI=1S/C20H22N2O3S/c23-17(13-22-9-11-25-12-10-22)21-20-18(15-7-4-8-16(15)26-20)19(24)14-5-2-1-3-6-14/h1-3,5-6H,4,7-13H2,(H,21,23). The number of rotatable bonds is 5. The highest BCUT2D eigenvalue weighted by atomic mass is 32.1. The summed E-state index contributed by atoms with van der Waals surface area (Å²) in [5.41, 5.74) is 2.50. The summed E-state index contributed by atoms with van der Waals surface area (Å²) in [6.45, 7) is 3.20. The van der Waals surface area contributed by atoms with Gasteiger partial charge in [-0.15, -0.1) is 11.3 Å². The predicted molar refractivity (Wildman–Crippen MR) is 102 cm³/mol. The van der Waals surface area contributed by atoms with Crippen molar-refractivity contribution in [2.24, 2.45) is 0 Å². The first-order chi connectivity index (χ1) is 12.7. The van der Waals surface area contributed by atoms with Crippen LogP contribution in [0.3, 0.4) is 0 Å². The molecular weight excluding hydrogens is 348 g/mol. The van der Waals surface area contributed by atoms with Crippen molar-refractivity contribution in [2.45, 2.75) is 19.3 Å². The average Bonchev–Trinajstić information content (AvgIpc) is 3.23. The number of anilines is 1. The van der Waals surface area contributed by atoms with E-state index in [0.717, 1.165) is 37.9 Å². The van der Waals surface area contributed by atoms with E-state index in [1.54, 1.807) is 11.3 Å². The van der Waals surface area contributed by atoms with Gasteiger partial charge in [-0.05, 0) is 24.8 Å². The van der Waals surface area contributed by atoms with Gasteiger partial charge in [0.25, 0.3) is 0 Å². The molecule has 136 valence electrons. The van der Waals surface area contributed by atoms with Crippen molar-refractivity contribution in [1.82, 2.24) is 4.90 Å². The second-order valence-corrected chi connectivity index (χ2v) is 7.80. The molecule has 2 aliphatic rings. The van der Waals surface area contributed by atoms with Gasteiger partial charge in [0, 0.05) is 23.5 Å². The number of aryl methyl sites for hydroxylation is 1. The zero-order chi connectivity index (χ0) is 17.9. The number of ether oxygens (including phenoxy) is 1. The number of amides is 1. The normalized spacial score (nSPS) is 17.1. The maximum absolute atomic E-state index is 13.1. The number of thiophene rings is 1. The van der Waals surface area contributed by atoms with E-state index >= 15 is 0 Å². The van der Waals surface area contributed by atoms with Crippen LogP contribution in [0.1, 0.15) is 32.8 Å². The number of benzene rings is 1. The summed E-state index contributed by atoms with van der Waals surface area (Å²) in [6.07, 6.45) is 2.99. The van der Waals surface area contributed by atoms with Crippen molar-refractivity contribution in [3.05, 3.63) is 51.9 Å². The highest BCUT2D eigenvalue weighted by Crippen LogP contribution is 2.40. The van der Waals surface area contributed by atoms with Crippen LogP contribution in [0, 0.1) is 0 Å². The molecule has 1 aliphatic heterocycles. The lowest BCUT2D eigenvalue weighted by Gasteiger charge is -2.25. The van der Waals surface area contributed by atoms with Gasteiger partial charge in [-0.1, -0.05) is 30.3 Å². The van der Waals surface area contributed by atoms with Crippen LogP contribution in [0.5, 0.6) is 0 Å². The highest BCUT2D eigenvalue weighted by Gasteiger charge is 2.28. The van der Waals surface area contributed by atoms with Crippen molar-refractivity contribution >= 4 is 28.0 Å². The van der Waals surface area contributed by atoms with Crippen LogP contribution >= 0.6 is 11.3 Å². The van der Waals surface area contributed by atoms with Gasteiger partial charge in [-0.2, -0.15) is 0 Å². The number of ketones is 1. The van der Waals surface area contributed by atoms with Crippen LogP contribution in [0.25, 0.3) is 0 Å². The number of hydrogen-bond donors (Lipinski definition) is 1. The van der Waals surface area contributed by atoms with E-state index in [2.05, 4.69) is 10.2 Å². The number of nitrogens with zero attached hydrogens (tertiary/aromatic N) is 1. The fraction of sp³-hybridized carbons (Fsp3) is 0.400. The number of nitrogens with one attached hydrogen (secondary N) is 1. The molecule has 0 unspecified atom stereocenters. The van der Waals surface area contributed by atoms with E-state index in [1.807, 2.05) is 30.3 Å². The molecule has 0 spiro atoms. The largest absolute Gasteiger partial charge is 0.379 e. The summed E-state index contributed by atoms with van der Waals surface area (Å²) in [5, 5.41) is 3.72. The van der Waals surface area contributed by atoms with Gasteiger partial charge in [-0.25, -0.2) is 0 Å². The van der Waals surface area contributed by atoms with Gasteiger partial charge < -0.3 is 10.1 Å². The monoisotopic (exact) mass is 370 g/mol. The second-order valence-electron chi connectivity index (χ2n) is 6.69. The smallest absolute Gasteiger partial charge is 0.239 e. The molecule has 1 N–H and O–H groups in total. The van der Waals surface area contributed by atoms with E-state index in [4.69, 9.17) is 4.74 Å². The predicted octanol–water partition coefficient (Wildman–Crippen LogP) is 2.74. The Morgan fingerprint density at radius 1 is 1.12 bits per heavy atom. The maximum atomic E-state index is 13.1. The van der Waals surface area contributed by atoms with Crippen molar-refractivity contribution < 1.29 is 14.3 Å². The molecule has 2 aromatic rings. The highest BCUT2D eigenvalue weighted by molar-refractivity contribution is 7.17. The molecule has 1 aliphatic carbocycles. The van der Waals surface area contributed by atoms with Gasteiger partial charge in [-0.3, -0.25) is 14.5 Å². The molecular formula is C20H22N2O3S. The van der Waals surface area contributed by atoms with E-state index < -0.39 is 0 Å². The van der Waals surface area contributed by atoms with Crippen molar-refractivity contribution in [1.29, 1.82) is 0 Å². The van der Waals surface area contributed by atoms with Crippen molar-refractivity contribution in [3.63, 3.8) is 0 Å². The van der Waals surface area contributed by atoms with Gasteiger partial charge in [0.15, 0.2) is 5.78 Å². The van der Waals surface area contributed by atoms with E-state index in [0.29, 0.717) is 35.9 Å². The van der Waals surface area contributed by atoms with Crippen LogP contribution in [-0.4, -0.2) is 49.4 Å². The lowest BCUT2D eigenvalue weighted by molar-refractivity contribution is -0.118. The van der Waals surface area contributed by atoms with Crippen LogP contribution in [-0.2, 0) is 22.4 Å². The Hall–Kier alpha value is -2.02. The molecule has 1 saturated heterocycles. The fourth-order valence-electron chi connectivity index (χ4n) is 3.59. The van der Waals surface area contributed by atoms with E-state index in [1.165, 1.54) is 4.88 Å². The van der Waals surface area contributed by atoms with Crippen LogP contribution < -0.4 is 5.32 Å². The first kappa shape index (κ1) is 17.4. The molecule has 0 radical (unpaired) electrons. The van der Waals surface area contributed by atoms with E-state index in [-0.39, 0.29) is 11.7 Å². The molecule has 0 bridgehead atoms. The minimum atomic E-state index is -0.0612. The minimum absolute atomic E-state index is 0.00618. The van der Waals surface area contributed by atoms with Crippen molar-refractivity contribution in [3.8, 4) is 0 Å². The molecule has 4 rings (SSSR count). The second kappa shape index (κ2) is 7.70. The lowest BCUT2D eigenvalue weighted by atomic mass is 10.0. The average molecular weight is 370 g/mol. The third-order valence-corrected chi connectivity index (χ3v) is 6.12. The lowest BCUT2D eigenvalue weighted by Crippen LogP contribution is -2.41. The Bertz CT molecular complexity index is 810. The summed E-state index contributed by atoms with van der Waals surface area (Å²) >= 11 is 1.57. The van der Waals surface area contributed by atoms with Crippen LogP contribution in [0.4, 0.5) is 5.00 Å². The van der Waals surface area contributed by atoms with Crippen LogP contribution in [0.15, 0.2) is 30.3 Å². The molecule has 1 aromatic carbocycles. The molecule has 0 saturated carbocycles. The van der Waals surface area contributed by atoms with Gasteiger partial charge in [0.05, 0.1) is 25.3 Å². The molecule has 1 amide bonds. The zero-order valence-electron chi connectivity index (χ0n) is 14.6. The van der Waals surface area contributed by atoms with Gasteiger partial charge in [0.1, 0.15) is 5.00 Å². The summed E-state index contributed by atoms with van der Waals surface area (Å²) in [4.78, 5) is 28.9. The summed E-state index contributed by atoms with van der Waals surface area (Å²) in [5.74, 6) is -0.0550. The first-order valence-electron chi connectivity index (χ1n) is 9.06. The molecule has 0 atom stereocenters. The maximum Gasteiger partial charge on any atom is 0.239 e. The molecule has 2 heterocycles. The zero-order valence-corrected chi connectivity index (χ0v) is 15.4. The first-order valence-corrected chi connectivity index (χ1v) is 9.88. The molecule has 5 nitrogen and oxygen atoms in total. The quantitative estimate of drug-likeness (QED) is 0.823. The van der Waals surface area contributed by atoms with E-state index in [9.17, 15) is 9.59 Å². The van der Waals surface area contributed by atoms with Gasteiger partial charge >= 0.3 is 0 Å². The topological polar surface area (TPSA) is 58.6 Å². The summed E-state index contributed by atoms with van der Waals surface area (Å²) < 4.78 is 5.32. The minimum Gasteiger partial charge on any atom is -0.379 e. The number of fused-ring (bicyclic) bond motifs is 1. The SMILES string of the molecule is O=C(CN1CCOCC1)Nc1sc2c(c1C(=O)c1ccccc1)CCC2. The molecule has 6 heteroatoms. The third-order valence-electron chi connectivity index (χ3n) is 4.91. The molecule has 1 aromatic heterocycles. The Balaban J connectivity index is 1.56. The Kier molecular flexibility index (Phi) is 5.15. The fourth-order valence-corrected chi connectivity index (χ4v) is 4.90. The number of carbonyl (C=O) groups excluding carboxylic acids is 2. The Morgan fingerprint density at radius 3 is 2.65 bits per heavy atom. The number of hydrogen-bond acceptors (Lipinski definition) is 5. The summed E-state index contributed by atoms with van der Waals surface area (Å²) in [7, 11) is 0. The van der Waals surface area contributed by atoms with Crippen LogP contribution in [0.2, 0.25) is 0 Å². The van der Waals surface area contributed by atoms with Crippen molar-refractivity contribution in [2.75, 3.05) is 38.2 Å².